The molecule has 0 N–H and O–H groups in total. The Bertz CT molecular complexity index is 723. The van der Waals surface area contributed by atoms with Crippen molar-refractivity contribution in [3.8, 4) is 0 Å². The molecule has 1 aliphatic rings. The summed E-state index contributed by atoms with van der Waals surface area (Å²) in [6.07, 6.45) is 1.09. The number of aryl methyl sites for hydroxylation is 1. The van der Waals surface area contributed by atoms with E-state index < -0.39 is 0 Å². The van der Waals surface area contributed by atoms with Gasteiger partial charge in [-0.15, -0.1) is 0 Å². The fourth-order valence-corrected chi connectivity index (χ4v) is 3.73. The molecule has 0 atom stereocenters. The fraction of sp³-hybridized carbons (Fsp3) is 0.435. The molecule has 0 spiro atoms. The van der Waals surface area contributed by atoms with Gasteiger partial charge in [-0.1, -0.05) is 48.5 Å². The van der Waals surface area contributed by atoms with Crippen molar-refractivity contribution in [2.45, 2.75) is 20.3 Å². The van der Waals surface area contributed by atoms with Gasteiger partial charge in [-0.25, -0.2) is 0 Å². The second-order valence-corrected chi connectivity index (χ2v) is 7.28. The maximum Gasteiger partial charge on any atom is 0.241 e. The van der Waals surface area contributed by atoms with Crippen LogP contribution in [0.3, 0.4) is 0 Å². The van der Waals surface area contributed by atoms with Crippen molar-refractivity contribution < 1.29 is 4.79 Å². The maximum atomic E-state index is 12.9. The Kier molecular flexibility index (Phi) is 7.02. The number of hydrogen-bond acceptors (Lipinski definition) is 3. The van der Waals surface area contributed by atoms with Crippen molar-refractivity contribution >= 4 is 11.6 Å². The van der Waals surface area contributed by atoms with Crippen LogP contribution in [0.4, 0.5) is 5.69 Å². The van der Waals surface area contributed by atoms with Gasteiger partial charge in [-0.2, -0.15) is 0 Å². The molecule has 1 fully saturated rings. The summed E-state index contributed by atoms with van der Waals surface area (Å²) in [4.78, 5) is 19.6. The van der Waals surface area contributed by atoms with Gasteiger partial charge in [0.25, 0.3) is 0 Å². The minimum Gasteiger partial charge on any atom is -0.311 e. The molecule has 2 aromatic carbocycles. The normalized spacial score (nSPS) is 15.6. The molecule has 0 aliphatic carbocycles. The number of rotatable bonds is 7. The average Bonchev–Trinajstić information content (AvgIpc) is 2.70. The molecule has 1 heterocycles. The maximum absolute atomic E-state index is 12.9. The van der Waals surface area contributed by atoms with Crippen molar-refractivity contribution in [3.05, 3.63) is 65.7 Å². The van der Waals surface area contributed by atoms with E-state index >= 15 is 0 Å². The number of likely N-dealkylation sites (N-methyl/N-ethyl adjacent to an activating group) is 1. The lowest BCUT2D eigenvalue weighted by Gasteiger charge is -2.35. The van der Waals surface area contributed by atoms with Crippen LogP contribution in [0.5, 0.6) is 0 Å². The Morgan fingerprint density at radius 1 is 0.926 bits per heavy atom. The van der Waals surface area contributed by atoms with Gasteiger partial charge in [-0.3, -0.25) is 9.69 Å². The third-order valence-electron chi connectivity index (χ3n) is 5.41. The zero-order valence-corrected chi connectivity index (χ0v) is 16.6. The number of para-hydroxylation sites is 1. The Balaban J connectivity index is 1.47. The monoisotopic (exact) mass is 365 g/mol. The van der Waals surface area contributed by atoms with Gasteiger partial charge >= 0.3 is 0 Å². The van der Waals surface area contributed by atoms with Crippen LogP contribution in [0.1, 0.15) is 18.1 Å². The van der Waals surface area contributed by atoms with Crippen molar-refractivity contribution in [3.63, 3.8) is 0 Å². The van der Waals surface area contributed by atoms with Crippen molar-refractivity contribution in [1.82, 2.24) is 9.80 Å². The van der Waals surface area contributed by atoms with Gasteiger partial charge in [0.1, 0.15) is 0 Å². The highest BCUT2D eigenvalue weighted by Gasteiger charge is 2.22. The van der Waals surface area contributed by atoms with Crippen LogP contribution in [-0.4, -0.2) is 61.5 Å². The fourth-order valence-electron chi connectivity index (χ4n) is 3.73. The number of piperazine rings is 1. The zero-order valence-electron chi connectivity index (χ0n) is 16.6. The van der Waals surface area contributed by atoms with E-state index in [0.29, 0.717) is 13.1 Å². The Morgan fingerprint density at radius 2 is 1.56 bits per heavy atom. The summed E-state index contributed by atoms with van der Waals surface area (Å²) in [7, 11) is 0. The molecule has 2 aromatic rings. The van der Waals surface area contributed by atoms with Crippen LogP contribution in [0.2, 0.25) is 0 Å². The molecule has 0 bridgehead atoms. The molecule has 1 aliphatic heterocycles. The molecule has 0 saturated carbocycles. The minimum absolute atomic E-state index is 0.199. The number of nitrogens with zero attached hydrogens (tertiary/aromatic N) is 3. The lowest BCUT2D eigenvalue weighted by atomic mass is 10.1. The van der Waals surface area contributed by atoms with E-state index in [1.807, 2.05) is 30.0 Å². The summed E-state index contributed by atoms with van der Waals surface area (Å²) in [5.41, 5.74) is 3.58. The highest BCUT2D eigenvalue weighted by Crippen LogP contribution is 2.19. The van der Waals surface area contributed by atoms with Gasteiger partial charge in [0.2, 0.25) is 5.91 Å². The van der Waals surface area contributed by atoms with Gasteiger partial charge in [-0.05, 0) is 37.5 Å². The first-order chi connectivity index (χ1) is 13.2. The lowest BCUT2D eigenvalue weighted by molar-refractivity contribution is -0.120. The summed E-state index contributed by atoms with van der Waals surface area (Å²) in [5.74, 6) is 0.199. The van der Waals surface area contributed by atoms with E-state index in [2.05, 4.69) is 53.1 Å². The van der Waals surface area contributed by atoms with Crippen LogP contribution in [-0.2, 0) is 11.2 Å². The number of carbonyl (C=O) groups excluding carboxylic acids is 1. The molecule has 0 unspecified atom stereocenters. The van der Waals surface area contributed by atoms with E-state index in [0.717, 1.165) is 50.4 Å². The summed E-state index contributed by atoms with van der Waals surface area (Å²) in [6, 6.07) is 18.8. The van der Waals surface area contributed by atoms with Gasteiger partial charge < -0.3 is 9.80 Å². The topological polar surface area (TPSA) is 26.8 Å². The van der Waals surface area contributed by atoms with Crippen LogP contribution < -0.4 is 4.90 Å². The smallest absolute Gasteiger partial charge is 0.241 e. The first-order valence-electron chi connectivity index (χ1n) is 10.0. The number of amides is 1. The molecule has 0 aromatic heterocycles. The van der Waals surface area contributed by atoms with Gasteiger partial charge in [0.05, 0.1) is 6.54 Å². The SMILES string of the molecule is CCN(C(=O)CN1CCN(CCc2ccccc2)CC1)c1ccccc1C. The third kappa shape index (κ3) is 5.41. The second-order valence-electron chi connectivity index (χ2n) is 7.28. The van der Waals surface area contributed by atoms with E-state index in [4.69, 9.17) is 0 Å². The number of benzene rings is 2. The molecule has 1 saturated heterocycles. The summed E-state index contributed by atoms with van der Waals surface area (Å²) < 4.78 is 0. The minimum atomic E-state index is 0.199. The zero-order chi connectivity index (χ0) is 19.1. The molecule has 4 nitrogen and oxygen atoms in total. The first-order valence-corrected chi connectivity index (χ1v) is 10.0. The average molecular weight is 366 g/mol. The van der Waals surface area contributed by atoms with E-state index in [1.54, 1.807) is 0 Å². The number of hydrogen-bond donors (Lipinski definition) is 0. The molecule has 1 amide bonds. The second kappa shape index (κ2) is 9.67. The quantitative estimate of drug-likeness (QED) is 0.754. The van der Waals surface area contributed by atoms with Gasteiger partial charge in [0.15, 0.2) is 0 Å². The van der Waals surface area contributed by atoms with Gasteiger partial charge in [0, 0.05) is 45.0 Å². The molecule has 4 heteroatoms. The Morgan fingerprint density at radius 3 is 2.22 bits per heavy atom. The van der Waals surface area contributed by atoms with Crippen LogP contribution in [0.25, 0.3) is 0 Å². The summed E-state index contributed by atoms with van der Waals surface area (Å²) >= 11 is 0. The molecule has 3 rings (SSSR count). The highest BCUT2D eigenvalue weighted by molar-refractivity contribution is 5.95. The predicted octanol–water partition coefficient (Wildman–Crippen LogP) is 3.21. The first kappa shape index (κ1) is 19.6. The Hall–Kier alpha value is -2.17. The molecule has 144 valence electrons. The van der Waals surface area contributed by atoms with Crippen LogP contribution in [0.15, 0.2) is 54.6 Å². The van der Waals surface area contributed by atoms with E-state index in [-0.39, 0.29) is 5.91 Å². The van der Waals surface area contributed by atoms with Crippen molar-refractivity contribution in [2.75, 3.05) is 50.7 Å². The van der Waals surface area contributed by atoms with Crippen molar-refractivity contribution in [2.24, 2.45) is 0 Å². The Labute approximate surface area is 163 Å². The summed E-state index contributed by atoms with van der Waals surface area (Å²) in [5, 5.41) is 0. The van der Waals surface area contributed by atoms with E-state index in [1.165, 1.54) is 5.56 Å². The van der Waals surface area contributed by atoms with Crippen molar-refractivity contribution in [1.29, 1.82) is 0 Å². The largest absolute Gasteiger partial charge is 0.311 e. The highest BCUT2D eigenvalue weighted by atomic mass is 16.2. The number of carbonyl (C=O) groups is 1. The number of anilines is 1. The molecular formula is C23H31N3O. The molecule has 27 heavy (non-hydrogen) atoms. The predicted molar refractivity (Wildman–Crippen MR) is 112 cm³/mol. The molecule has 0 radical (unpaired) electrons. The standard InChI is InChI=1S/C23H31N3O/c1-3-26(22-12-8-7-9-20(22)2)23(27)19-25-17-15-24(16-18-25)14-13-21-10-5-4-6-11-21/h4-12H,3,13-19H2,1-2H3. The molecular weight excluding hydrogens is 334 g/mol. The van der Waals surface area contributed by atoms with Crippen LogP contribution >= 0.6 is 0 Å². The summed E-state index contributed by atoms with van der Waals surface area (Å²) in [6.45, 7) is 10.4. The van der Waals surface area contributed by atoms with Crippen LogP contribution in [0, 0.1) is 6.92 Å². The third-order valence-corrected chi connectivity index (χ3v) is 5.41. The lowest BCUT2D eigenvalue weighted by Crippen LogP contribution is -2.50. The van der Waals surface area contributed by atoms with E-state index in [9.17, 15) is 4.79 Å².